The van der Waals surface area contributed by atoms with Crippen LogP contribution in [0.4, 0.5) is 51.2 Å². The van der Waals surface area contributed by atoms with E-state index in [1.54, 1.807) is 4.57 Å². The second-order valence-corrected chi connectivity index (χ2v) is 37.9. The summed E-state index contributed by atoms with van der Waals surface area (Å²) in [5.41, 5.74) is 29.2. The molecule has 20 aromatic rings. The molecule has 0 radical (unpaired) electrons. The highest BCUT2D eigenvalue weighted by atomic mass is 15.2. The van der Waals surface area contributed by atoms with Crippen LogP contribution in [-0.4, -0.2) is 20.4 Å². The first kappa shape index (κ1) is 68.2. The molecule has 2 aliphatic rings. The number of anilines is 9. The molecule has 0 saturated heterocycles. The normalized spacial score (nSPS) is 13.8. The fraction of sp³-hybridized carbons (Fsp3) is 0.136. The number of hydrogen-bond donors (Lipinski definition) is 0. The maximum absolute atomic E-state index is 10.1. The van der Waals surface area contributed by atoms with Crippen molar-refractivity contribution in [2.45, 2.75) is 105 Å². The van der Waals surface area contributed by atoms with Gasteiger partial charge in [-0.1, -0.05) is 320 Å². The van der Waals surface area contributed by atoms with Gasteiger partial charge in [-0.3, -0.25) is 0 Å². The van der Waals surface area contributed by atoms with E-state index in [0.29, 0.717) is 5.69 Å². The lowest BCUT2D eigenvalue weighted by Gasteiger charge is -2.46. The van der Waals surface area contributed by atoms with Crippen molar-refractivity contribution in [1.82, 2.24) is 13.7 Å². The van der Waals surface area contributed by atoms with Crippen LogP contribution >= 0.6 is 0 Å². The lowest BCUT2D eigenvalue weighted by molar-refractivity contribution is 0.590. The molecule has 0 amide bonds. The first-order valence-electron chi connectivity index (χ1n) is 47.6. The topological polar surface area (TPSA) is 24.5 Å². The standard InChI is InChI=1S/C118H99BN6/c1-115(2,3)80-55-62-105-97(65-80)98-66-81(116(4,5)6)56-63-106(98)122(105)88-58-61-101-109(73-88)125(114-95(78-41-23-15-24-42-78)69-83(118(10,11)12)70-96(114)79-43-25-16-26-44-79)111-75-89(123-104-54-36-33-51-92(104)99-71-86(59-64-107(99)123)120(84-45-27-17-28-46-84)85-47-29-18-30-48-85)74-110-112(111)119(101)100-60-57-87(121-102-52-34-31-49-90(102)91-50-32-35-53-103(91)121)72-108(100)124(110)113-93(76-37-19-13-20-38-76)67-82(117(7,8)9)68-94(113)77-39-21-14-22-40-77/h13-75H,1-12H3/i31D,32D,34D,35D,49D,50D,52D,53D. The van der Waals surface area contributed by atoms with Gasteiger partial charge in [-0.05, 0) is 228 Å². The zero-order valence-electron chi connectivity index (χ0n) is 80.5. The highest BCUT2D eigenvalue weighted by molar-refractivity contribution is 7.00. The number of fused-ring (bicyclic) bond motifs is 13. The zero-order valence-corrected chi connectivity index (χ0v) is 72.5. The quantitative estimate of drug-likeness (QED) is 0.114. The third-order valence-corrected chi connectivity index (χ3v) is 26.0. The van der Waals surface area contributed by atoms with Crippen LogP contribution in [0.2, 0.25) is 0 Å². The third-order valence-electron chi connectivity index (χ3n) is 26.0. The Bertz CT molecular complexity index is 7900. The molecule has 3 aromatic heterocycles. The summed E-state index contributed by atoms with van der Waals surface area (Å²) < 4.78 is 84.1. The number of hydrogen-bond acceptors (Lipinski definition) is 3. The van der Waals surface area contributed by atoms with E-state index >= 15 is 0 Å². The Labute approximate surface area is 745 Å². The van der Waals surface area contributed by atoms with Crippen molar-refractivity contribution in [3.8, 4) is 61.6 Å². The minimum atomic E-state index is -0.611. The minimum absolute atomic E-state index is 0.00578. The van der Waals surface area contributed by atoms with Gasteiger partial charge in [-0.15, -0.1) is 0 Å². The van der Waals surface area contributed by atoms with Gasteiger partial charge < -0.3 is 28.4 Å². The van der Waals surface area contributed by atoms with E-state index in [4.69, 9.17) is 0 Å². The van der Waals surface area contributed by atoms with Gasteiger partial charge in [0.25, 0.3) is 6.71 Å². The smallest absolute Gasteiger partial charge is 0.252 e. The van der Waals surface area contributed by atoms with Crippen LogP contribution in [0.5, 0.6) is 0 Å². The summed E-state index contributed by atoms with van der Waals surface area (Å²) >= 11 is 0. The summed E-state index contributed by atoms with van der Waals surface area (Å²) in [7, 11) is 0. The summed E-state index contributed by atoms with van der Waals surface area (Å²) in [6, 6.07) is 119. The Kier molecular flexibility index (Phi) is 15.9. The average Bonchev–Trinajstić information content (AvgIpc) is 1.55. The molecule has 0 spiro atoms. The van der Waals surface area contributed by atoms with Crippen LogP contribution < -0.4 is 31.1 Å². The molecule has 0 atom stereocenters. The van der Waals surface area contributed by atoms with Crippen LogP contribution in [0.15, 0.2) is 382 Å². The van der Waals surface area contributed by atoms with Crippen molar-refractivity contribution in [3.63, 3.8) is 0 Å². The van der Waals surface area contributed by atoms with E-state index in [1.165, 1.54) is 11.1 Å². The Balaban J connectivity index is 0.962. The Morgan fingerprint density at radius 1 is 0.248 bits per heavy atom. The molecule has 0 bridgehead atoms. The van der Waals surface area contributed by atoms with Gasteiger partial charge >= 0.3 is 0 Å². The number of rotatable bonds is 12. The maximum atomic E-state index is 10.1. The molecular weight excluding hydrogens is 1510 g/mol. The molecule has 0 saturated carbocycles. The van der Waals surface area contributed by atoms with Crippen LogP contribution in [0, 0.1) is 0 Å². The summed E-state index contributed by atoms with van der Waals surface area (Å²) in [5.74, 6) is 0. The van der Waals surface area contributed by atoms with Gasteiger partial charge in [-0.2, -0.15) is 0 Å². The Morgan fingerprint density at radius 3 is 0.976 bits per heavy atom. The first-order chi connectivity index (χ1) is 63.9. The molecule has 0 fully saturated rings. The SMILES string of the molecule is [2H]c1c([2H])c([2H])c2c(c1[2H])c1c([2H])c([2H])c([2H])c([2H])c1n2-c1ccc2c(c1)N(c1c(-c3ccccc3)cc(C(C)(C)C)cc1-c1ccccc1)c1cc(-n3c4ccccc4c4cc(N(c5ccccc5)c5ccccc5)ccc43)cc3c1B2c1ccc(-n2c4ccc(C(C)(C)C)cc4c4cc(C(C)(C)C)ccc42)cc1N3c1c(-c2ccccc2)cc(C(C)(C)C)cc1-c1ccccc1. The van der Waals surface area contributed by atoms with Crippen molar-refractivity contribution in [1.29, 1.82) is 0 Å². The molecule has 22 rings (SSSR count). The number of aromatic nitrogens is 3. The van der Waals surface area contributed by atoms with Crippen molar-refractivity contribution < 1.29 is 11.0 Å². The molecule has 2 aliphatic heterocycles. The molecule has 0 N–H and O–H groups in total. The largest absolute Gasteiger partial charge is 0.310 e. The molecule has 5 heterocycles. The molecule has 0 aliphatic carbocycles. The van der Waals surface area contributed by atoms with E-state index < -0.39 is 48.4 Å². The highest BCUT2D eigenvalue weighted by Crippen LogP contribution is 2.57. The second kappa shape index (κ2) is 29.1. The second-order valence-electron chi connectivity index (χ2n) is 37.9. The van der Waals surface area contributed by atoms with E-state index in [2.05, 4.69) is 435 Å². The fourth-order valence-corrected chi connectivity index (χ4v) is 19.7. The predicted octanol–water partition coefficient (Wildman–Crippen LogP) is 30.4. The molecule has 7 heteroatoms. The lowest BCUT2D eigenvalue weighted by atomic mass is 9.33. The van der Waals surface area contributed by atoms with E-state index in [9.17, 15) is 11.0 Å². The maximum Gasteiger partial charge on any atom is 0.252 e. The number of para-hydroxylation sites is 5. The van der Waals surface area contributed by atoms with Gasteiger partial charge in [0.15, 0.2) is 0 Å². The van der Waals surface area contributed by atoms with Gasteiger partial charge in [0, 0.05) is 106 Å². The van der Waals surface area contributed by atoms with E-state index in [1.807, 2.05) is 6.07 Å². The summed E-state index contributed by atoms with van der Waals surface area (Å²) in [5, 5.41) is 4.40. The molecule has 125 heavy (non-hydrogen) atoms. The Hall–Kier alpha value is -14.4. The molecular formula is C118H99BN6. The zero-order chi connectivity index (χ0) is 92.1. The Morgan fingerprint density at radius 2 is 0.576 bits per heavy atom. The van der Waals surface area contributed by atoms with Crippen molar-refractivity contribution >= 4 is 140 Å². The van der Waals surface area contributed by atoms with Gasteiger partial charge in [-0.25, -0.2) is 0 Å². The van der Waals surface area contributed by atoms with Crippen molar-refractivity contribution in [2.24, 2.45) is 0 Å². The average molecular weight is 1620 g/mol. The van der Waals surface area contributed by atoms with E-state index in [-0.39, 0.29) is 50.1 Å². The fourth-order valence-electron chi connectivity index (χ4n) is 19.7. The van der Waals surface area contributed by atoms with Crippen LogP contribution in [0.25, 0.3) is 127 Å². The monoisotopic (exact) mass is 1620 g/mol. The van der Waals surface area contributed by atoms with E-state index in [0.717, 1.165) is 178 Å². The lowest BCUT2D eigenvalue weighted by Crippen LogP contribution is -2.61. The van der Waals surface area contributed by atoms with Gasteiger partial charge in [0.05, 0.1) is 61.1 Å². The van der Waals surface area contributed by atoms with Crippen molar-refractivity contribution in [3.05, 3.63) is 404 Å². The van der Waals surface area contributed by atoms with Gasteiger partial charge in [0.2, 0.25) is 0 Å². The summed E-state index contributed by atoms with van der Waals surface area (Å²) in [6.07, 6.45) is 0. The molecule has 604 valence electrons. The van der Waals surface area contributed by atoms with Gasteiger partial charge in [0.1, 0.15) is 0 Å². The molecule has 6 nitrogen and oxygen atoms in total. The van der Waals surface area contributed by atoms with Crippen LogP contribution in [-0.2, 0) is 21.7 Å². The first-order valence-corrected chi connectivity index (χ1v) is 43.6. The molecule has 17 aromatic carbocycles. The summed E-state index contributed by atoms with van der Waals surface area (Å²) in [6.45, 7) is 26.9. The summed E-state index contributed by atoms with van der Waals surface area (Å²) in [4.78, 5) is 7.45. The predicted molar refractivity (Wildman–Crippen MR) is 535 cm³/mol. The minimum Gasteiger partial charge on any atom is -0.310 e. The van der Waals surface area contributed by atoms with Crippen LogP contribution in [0.1, 0.15) is 116 Å². The highest BCUT2D eigenvalue weighted by Gasteiger charge is 2.47. The third kappa shape index (κ3) is 12.7. The van der Waals surface area contributed by atoms with Crippen molar-refractivity contribution in [2.75, 3.05) is 14.7 Å². The number of nitrogens with zero attached hydrogens (tertiary/aromatic N) is 6. The van der Waals surface area contributed by atoms with Crippen LogP contribution in [0.3, 0.4) is 0 Å². The number of benzene rings is 17. The molecule has 0 unspecified atom stereocenters.